The van der Waals surface area contributed by atoms with E-state index in [-0.39, 0.29) is 10.7 Å². The summed E-state index contributed by atoms with van der Waals surface area (Å²) in [4.78, 5) is 38.1. The number of carboxylic acids is 1. The fraction of sp³-hybridized carbons (Fsp3) is 0.154. The lowest BCUT2D eigenvalue weighted by Crippen LogP contribution is -2.37. The molecule has 0 bridgehead atoms. The number of aromatic nitrogens is 4. The fourth-order valence-electron chi connectivity index (χ4n) is 3.12. The Bertz CT molecular complexity index is 1340. The standard InChI is InChI=1S/C26H25N5O5S/c1-4-6-8-19(7-5-2)27-24(33)23(22(32)17-11-15-21(36-3)16-12-17)37-26-28-29-30-31(26)20-13-9-18(10-14-20)25(34)35/h4-16,23H,1-3H3,(H,27,33)(H,34,35)/b6-4-,7-5-,19-8+. The number of aromatic carboxylic acids is 1. The van der Waals surface area contributed by atoms with E-state index in [1.165, 1.54) is 36.1 Å². The summed E-state index contributed by atoms with van der Waals surface area (Å²) in [5, 5.41) is 22.5. The number of carbonyl (C=O) groups is 3. The molecule has 37 heavy (non-hydrogen) atoms. The maximum atomic E-state index is 13.5. The molecule has 0 radical (unpaired) electrons. The summed E-state index contributed by atoms with van der Waals surface area (Å²) >= 11 is 0.881. The van der Waals surface area contributed by atoms with E-state index in [0.717, 1.165) is 11.8 Å². The van der Waals surface area contributed by atoms with Gasteiger partial charge in [0.15, 0.2) is 11.0 Å². The number of ether oxygens (including phenoxy) is 1. The topological polar surface area (TPSA) is 136 Å². The number of hydrogen-bond donors (Lipinski definition) is 2. The lowest BCUT2D eigenvalue weighted by Gasteiger charge is -2.16. The van der Waals surface area contributed by atoms with Gasteiger partial charge in [0.25, 0.3) is 0 Å². The zero-order valence-electron chi connectivity index (χ0n) is 20.4. The number of amides is 1. The number of thioether (sulfide) groups is 1. The average Bonchev–Trinajstić information content (AvgIpc) is 3.38. The van der Waals surface area contributed by atoms with Crippen molar-refractivity contribution in [2.24, 2.45) is 0 Å². The normalized spacial score (nSPS) is 12.6. The lowest BCUT2D eigenvalue weighted by molar-refractivity contribution is -0.119. The van der Waals surface area contributed by atoms with E-state index in [2.05, 4.69) is 20.8 Å². The molecule has 0 aliphatic heterocycles. The van der Waals surface area contributed by atoms with Gasteiger partial charge in [-0.15, -0.1) is 5.10 Å². The highest BCUT2D eigenvalue weighted by Gasteiger charge is 2.31. The van der Waals surface area contributed by atoms with E-state index in [1.807, 2.05) is 19.9 Å². The molecule has 1 heterocycles. The molecule has 2 aromatic carbocycles. The van der Waals surface area contributed by atoms with Gasteiger partial charge >= 0.3 is 5.97 Å². The van der Waals surface area contributed by atoms with E-state index in [4.69, 9.17) is 9.84 Å². The molecule has 0 aliphatic rings. The Labute approximate surface area is 217 Å². The van der Waals surface area contributed by atoms with Gasteiger partial charge in [-0.05, 0) is 85.0 Å². The molecule has 0 saturated carbocycles. The highest BCUT2D eigenvalue weighted by atomic mass is 32.2. The molecule has 0 saturated heterocycles. The zero-order chi connectivity index (χ0) is 26.8. The molecule has 3 aromatic rings. The first-order valence-corrected chi connectivity index (χ1v) is 12.0. The highest BCUT2D eigenvalue weighted by Crippen LogP contribution is 2.27. The van der Waals surface area contributed by atoms with Crippen LogP contribution in [0.4, 0.5) is 0 Å². The number of carboxylic acid groups (broad SMARTS) is 1. The fourth-order valence-corrected chi connectivity index (χ4v) is 4.07. The van der Waals surface area contributed by atoms with Gasteiger partial charge in [0.05, 0.1) is 18.4 Å². The third-order valence-electron chi connectivity index (χ3n) is 4.96. The van der Waals surface area contributed by atoms with Crippen molar-refractivity contribution in [1.29, 1.82) is 0 Å². The third-order valence-corrected chi connectivity index (χ3v) is 6.09. The van der Waals surface area contributed by atoms with Crippen LogP contribution >= 0.6 is 11.8 Å². The Kier molecular flexibility index (Phi) is 9.50. The lowest BCUT2D eigenvalue weighted by atomic mass is 10.1. The maximum Gasteiger partial charge on any atom is 0.335 e. The molecule has 2 N–H and O–H groups in total. The molecule has 1 atom stereocenters. The molecule has 10 nitrogen and oxygen atoms in total. The number of benzene rings is 2. The second-order valence-corrected chi connectivity index (χ2v) is 8.53. The zero-order valence-corrected chi connectivity index (χ0v) is 21.2. The number of Topliss-reactive ketones (excluding diaryl/α,β-unsaturated/α-hetero) is 1. The summed E-state index contributed by atoms with van der Waals surface area (Å²) < 4.78 is 6.50. The molecular weight excluding hydrogens is 494 g/mol. The minimum atomic E-state index is -1.24. The molecule has 190 valence electrons. The molecule has 11 heteroatoms. The molecular formula is C26H25N5O5S. The molecule has 1 aromatic heterocycles. The highest BCUT2D eigenvalue weighted by molar-refractivity contribution is 8.01. The van der Waals surface area contributed by atoms with Crippen molar-refractivity contribution in [3.05, 3.63) is 95.7 Å². The molecule has 1 unspecified atom stereocenters. The number of rotatable bonds is 11. The number of tetrazole rings is 1. The number of allylic oxidation sites excluding steroid dienone is 5. The van der Waals surface area contributed by atoms with Gasteiger partial charge in [0.1, 0.15) is 5.75 Å². The molecule has 0 aliphatic carbocycles. The number of carbonyl (C=O) groups excluding carboxylic acids is 2. The molecule has 1 amide bonds. The van der Waals surface area contributed by atoms with Crippen LogP contribution < -0.4 is 10.1 Å². The minimum absolute atomic E-state index is 0.0994. The number of hydrogen-bond acceptors (Lipinski definition) is 8. The summed E-state index contributed by atoms with van der Waals surface area (Å²) in [6.45, 7) is 3.66. The summed E-state index contributed by atoms with van der Waals surface area (Å²) in [5.41, 5.74) is 1.38. The summed E-state index contributed by atoms with van der Waals surface area (Å²) in [6, 6.07) is 12.3. The van der Waals surface area contributed by atoms with E-state index >= 15 is 0 Å². The number of nitrogens with zero attached hydrogens (tertiary/aromatic N) is 4. The summed E-state index contributed by atoms with van der Waals surface area (Å²) in [5.74, 6) is -1.51. The van der Waals surface area contributed by atoms with Crippen molar-refractivity contribution in [2.45, 2.75) is 24.3 Å². The minimum Gasteiger partial charge on any atom is -0.497 e. The first kappa shape index (κ1) is 27.1. The Morgan fingerprint density at radius 2 is 1.70 bits per heavy atom. The molecule has 0 fully saturated rings. The van der Waals surface area contributed by atoms with E-state index in [0.29, 0.717) is 22.7 Å². The first-order valence-electron chi connectivity index (χ1n) is 11.1. The van der Waals surface area contributed by atoms with Crippen molar-refractivity contribution < 1.29 is 24.2 Å². The van der Waals surface area contributed by atoms with Gasteiger partial charge in [0, 0.05) is 11.3 Å². The van der Waals surface area contributed by atoms with Gasteiger partial charge in [-0.25, -0.2) is 4.79 Å². The van der Waals surface area contributed by atoms with Crippen LogP contribution in [0.15, 0.2) is 89.8 Å². The first-order chi connectivity index (χ1) is 17.9. The quantitative estimate of drug-likeness (QED) is 0.167. The van der Waals surface area contributed by atoms with Crippen LogP contribution in [0.1, 0.15) is 34.6 Å². The van der Waals surface area contributed by atoms with Crippen LogP contribution in [0.25, 0.3) is 5.69 Å². The van der Waals surface area contributed by atoms with Crippen molar-refractivity contribution in [2.75, 3.05) is 7.11 Å². The Morgan fingerprint density at radius 1 is 1.03 bits per heavy atom. The van der Waals surface area contributed by atoms with Crippen LogP contribution in [0, 0.1) is 0 Å². The Hall–Kier alpha value is -4.51. The van der Waals surface area contributed by atoms with Crippen molar-refractivity contribution in [3.8, 4) is 11.4 Å². The smallest absolute Gasteiger partial charge is 0.335 e. The van der Waals surface area contributed by atoms with Crippen molar-refractivity contribution in [1.82, 2.24) is 25.5 Å². The van der Waals surface area contributed by atoms with Crippen LogP contribution in [0.2, 0.25) is 0 Å². The van der Waals surface area contributed by atoms with Crippen LogP contribution in [-0.4, -0.2) is 55.3 Å². The van der Waals surface area contributed by atoms with E-state index in [9.17, 15) is 14.4 Å². The SMILES string of the molecule is C\C=C/C=C(\C=C/C)NC(=O)C(Sc1nnnn1-c1ccc(C(=O)O)cc1)C(=O)c1ccc(OC)cc1. The average molecular weight is 520 g/mol. The van der Waals surface area contributed by atoms with Gasteiger partial charge < -0.3 is 15.2 Å². The Morgan fingerprint density at radius 3 is 2.30 bits per heavy atom. The monoisotopic (exact) mass is 519 g/mol. The van der Waals surface area contributed by atoms with Gasteiger partial charge in [-0.3, -0.25) is 9.59 Å². The van der Waals surface area contributed by atoms with E-state index < -0.39 is 22.9 Å². The number of ketones is 1. The maximum absolute atomic E-state index is 13.5. The van der Waals surface area contributed by atoms with Gasteiger partial charge in [-0.2, -0.15) is 4.68 Å². The van der Waals surface area contributed by atoms with Gasteiger partial charge in [-0.1, -0.05) is 30.0 Å². The van der Waals surface area contributed by atoms with E-state index in [1.54, 1.807) is 48.6 Å². The molecule has 0 spiro atoms. The Balaban J connectivity index is 1.97. The summed E-state index contributed by atoms with van der Waals surface area (Å²) in [6.07, 6.45) is 8.78. The summed E-state index contributed by atoms with van der Waals surface area (Å²) in [7, 11) is 1.52. The van der Waals surface area contributed by atoms with Crippen molar-refractivity contribution in [3.63, 3.8) is 0 Å². The third kappa shape index (κ3) is 7.01. The predicted molar refractivity (Wildman–Crippen MR) is 139 cm³/mol. The second-order valence-electron chi connectivity index (χ2n) is 7.45. The number of nitrogens with one attached hydrogen (secondary N) is 1. The van der Waals surface area contributed by atoms with Gasteiger partial charge in [0.2, 0.25) is 11.1 Å². The predicted octanol–water partition coefficient (Wildman–Crippen LogP) is 3.87. The van der Waals surface area contributed by atoms with Crippen molar-refractivity contribution >= 4 is 29.4 Å². The largest absolute Gasteiger partial charge is 0.497 e. The number of methoxy groups -OCH3 is 1. The second kappa shape index (κ2) is 13.0. The molecule has 3 rings (SSSR count). The van der Waals surface area contributed by atoms with Crippen LogP contribution in [-0.2, 0) is 4.79 Å². The van der Waals surface area contributed by atoms with Crippen LogP contribution in [0.5, 0.6) is 5.75 Å². The van der Waals surface area contributed by atoms with Crippen LogP contribution in [0.3, 0.4) is 0 Å².